The van der Waals surface area contributed by atoms with E-state index in [0.717, 1.165) is 10.5 Å². The van der Waals surface area contributed by atoms with E-state index in [1.165, 1.54) is 0 Å². The van der Waals surface area contributed by atoms with Crippen molar-refractivity contribution in [3.8, 4) is 0 Å². The quantitative estimate of drug-likeness (QED) is 0.836. The number of imide groups is 1. The van der Waals surface area contributed by atoms with Crippen LogP contribution in [0.4, 0.5) is 0 Å². The van der Waals surface area contributed by atoms with Crippen molar-refractivity contribution in [2.75, 3.05) is 6.54 Å². The van der Waals surface area contributed by atoms with Crippen molar-refractivity contribution in [2.45, 2.75) is 18.9 Å². The van der Waals surface area contributed by atoms with Gasteiger partial charge >= 0.3 is 0 Å². The predicted octanol–water partition coefficient (Wildman–Crippen LogP) is 1.72. The summed E-state index contributed by atoms with van der Waals surface area (Å²) < 4.78 is 1.66. The third-order valence-electron chi connectivity index (χ3n) is 4.20. The van der Waals surface area contributed by atoms with E-state index in [2.05, 4.69) is 5.10 Å². The molecule has 2 atom stereocenters. The third kappa shape index (κ3) is 3.34. The van der Waals surface area contributed by atoms with Crippen molar-refractivity contribution in [3.05, 3.63) is 52.8 Å². The molecule has 0 aliphatic carbocycles. The molecule has 2 heterocycles. The van der Waals surface area contributed by atoms with Gasteiger partial charge in [-0.2, -0.15) is 5.10 Å². The Morgan fingerprint density at radius 1 is 1.38 bits per heavy atom. The summed E-state index contributed by atoms with van der Waals surface area (Å²) in [7, 11) is 1.80. The number of nitrogens with zero attached hydrogens (tertiary/aromatic N) is 3. The number of likely N-dealkylation sites (tertiary alicyclic amines) is 1. The average Bonchev–Trinajstić information content (AvgIpc) is 3.06. The van der Waals surface area contributed by atoms with E-state index >= 15 is 0 Å². The maximum atomic E-state index is 12.5. The summed E-state index contributed by atoms with van der Waals surface area (Å²) in [5, 5.41) is 14.8. The molecule has 1 aromatic heterocycles. The van der Waals surface area contributed by atoms with E-state index in [9.17, 15) is 14.7 Å². The number of rotatable bonds is 5. The van der Waals surface area contributed by atoms with Crippen molar-refractivity contribution in [1.82, 2.24) is 14.7 Å². The maximum Gasteiger partial charge on any atom is 0.233 e. The monoisotopic (exact) mass is 347 g/mol. The molecule has 1 saturated heterocycles. The highest BCUT2D eigenvalue weighted by Gasteiger charge is 2.39. The number of aliphatic hydroxyl groups is 1. The van der Waals surface area contributed by atoms with Crippen LogP contribution in [0.2, 0.25) is 5.02 Å². The number of halogens is 1. The molecule has 1 fully saturated rings. The van der Waals surface area contributed by atoms with E-state index in [1.807, 2.05) is 6.20 Å². The van der Waals surface area contributed by atoms with Gasteiger partial charge < -0.3 is 5.11 Å². The fourth-order valence-corrected chi connectivity index (χ4v) is 3.24. The van der Waals surface area contributed by atoms with E-state index in [0.29, 0.717) is 17.0 Å². The lowest BCUT2D eigenvalue weighted by Crippen LogP contribution is -2.35. The summed E-state index contributed by atoms with van der Waals surface area (Å²) in [4.78, 5) is 25.8. The zero-order valence-corrected chi connectivity index (χ0v) is 14.0. The minimum absolute atomic E-state index is 0.0784. The number of amides is 2. The number of aliphatic hydroxyl groups excluding tert-OH is 1. The van der Waals surface area contributed by atoms with Crippen LogP contribution >= 0.6 is 11.6 Å². The van der Waals surface area contributed by atoms with Gasteiger partial charge in [0.1, 0.15) is 0 Å². The molecule has 1 N–H and O–H groups in total. The molecular formula is C17H18ClN3O3. The first-order valence-electron chi connectivity index (χ1n) is 7.70. The zero-order chi connectivity index (χ0) is 17.3. The van der Waals surface area contributed by atoms with Crippen LogP contribution in [0.15, 0.2) is 36.7 Å². The molecule has 0 unspecified atom stereocenters. The van der Waals surface area contributed by atoms with Gasteiger partial charge in [0.15, 0.2) is 0 Å². The van der Waals surface area contributed by atoms with Crippen LogP contribution < -0.4 is 0 Å². The van der Waals surface area contributed by atoms with Crippen LogP contribution in [-0.4, -0.2) is 38.1 Å². The molecule has 1 aliphatic heterocycles. The van der Waals surface area contributed by atoms with Gasteiger partial charge in [0.05, 0.1) is 24.8 Å². The normalized spacial score (nSPS) is 19.1. The maximum absolute atomic E-state index is 12.5. The van der Waals surface area contributed by atoms with Crippen molar-refractivity contribution in [3.63, 3.8) is 0 Å². The molecule has 1 aliphatic rings. The van der Waals surface area contributed by atoms with Crippen LogP contribution in [-0.2, 0) is 23.1 Å². The number of aryl methyl sites for hydroxylation is 1. The molecule has 0 radical (unpaired) electrons. The van der Waals surface area contributed by atoms with Crippen molar-refractivity contribution in [2.24, 2.45) is 13.0 Å². The van der Waals surface area contributed by atoms with Crippen LogP contribution in [0.1, 0.15) is 23.7 Å². The van der Waals surface area contributed by atoms with E-state index < -0.39 is 12.0 Å². The number of hydrogen-bond donors (Lipinski definition) is 1. The number of carbonyl (C=O) groups excluding carboxylic acids is 2. The highest BCUT2D eigenvalue weighted by Crippen LogP contribution is 2.28. The lowest BCUT2D eigenvalue weighted by Gasteiger charge is -2.20. The van der Waals surface area contributed by atoms with E-state index in [-0.39, 0.29) is 24.8 Å². The molecular weight excluding hydrogens is 330 g/mol. The topological polar surface area (TPSA) is 75.4 Å². The van der Waals surface area contributed by atoms with E-state index in [1.54, 1.807) is 42.2 Å². The van der Waals surface area contributed by atoms with Crippen molar-refractivity contribution < 1.29 is 14.7 Å². The van der Waals surface area contributed by atoms with Crippen LogP contribution in [0, 0.1) is 5.92 Å². The fraction of sp³-hybridized carbons (Fsp3) is 0.353. The van der Waals surface area contributed by atoms with Gasteiger partial charge in [-0.15, -0.1) is 0 Å². The lowest BCUT2D eigenvalue weighted by atomic mass is 10.0. The van der Waals surface area contributed by atoms with Gasteiger partial charge in [0.25, 0.3) is 0 Å². The Hall–Kier alpha value is -2.18. The van der Waals surface area contributed by atoms with Crippen LogP contribution in [0.5, 0.6) is 0 Å². The number of β-amino-alcohol motifs (C(OH)–C–C–N with tert-alkyl or cyclic N) is 1. The second-order valence-electron chi connectivity index (χ2n) is 6.01. The molecule has 126 valence electrons. The number of hydrogen-bond acceptors (Lipinski definition) is 4. The Labute approximate surface area is 144 Å². The molecule has 0 bridgehead atoms. The molecule has 24 heavy (non-hydrogen) atoms. The average molecular weight is 348 g/mol. The molecule has 2 aromatic rings. The minimum atomic E-state index is -0.997. The van der Waals surface area contributed by atoms with Gasteiger partial charge in [0.2, 0.25) is 11.8 Å². The Balaban J connectivity index is 1.69. The first-order valence-corrected chi connectivity index (χ1v) is 8.07. The predicted molar refractivity (Wildman–Crippen MR) is 88.2 cm³/mol. The van der Waals surface area contributed by atoms with E-state index in [4.69, 9.17) is 11.6 Å². The Morgan fingerprint density at radius 2 is 2.12 bits per heavy atom. The molecule has 7 heteroatoms. The Morgan fingerprint density at radius 3 is 2.79 bits per heavy atom. The van der Waals surface area contributed by atoms with Gasteiger partial charge in [-0.3, -0.25) is 19.2 Å². The first-order chi connectivity index (χ1) is 11.5. The summed E-state index contributed by atoms with van der Waals surface area (Å²) >= 11 is 6.06. The minimum Gasteiger partial charge on any atom is -0.386 e. The fourth-order valence-electron chi connectivity index (χ4n) is 2.98. The number of benzene rings is 1. The largest absolute Gasteiger partial charge is 0.386 e. The number of aromatic nitrogens is 2. The molecule has 0 saturated carbocycles. The Kier molecular flexibility index (Phi) is 4.69. The highest BCUT2D eigenvalue weighted by atomic mass is 35.5. The van der Waals surface area contributed by atoms with Crippen molar-refractivity contribution in [1.29, 1.82) is 0 Å². The summed E-state index contributed by atoms with van der Waals surface area (Å²) in [5.74, 6) is -0.921. The smallest absolute Gasteiger partial charge is 0.233 e. The summed E-state index contributed by atoms with van der Waals surface area (Å²) in [6, 6.07) is 6.86. The van der Waals surface area contributed by atoms with Crippen LogP contribution in [0.3, 0.4) is 0 Å². The lowest BCUT2D eigenvalue weighted by molar-refractivity contribution is -0.141. The number of carbonyl (C=O) groups is 2. The molecule has 1 aromatic carbocycles. The molecule has 6 nitrogen and oxygen atoms in total. The zero-order valence-electron chi connectivity index (χ0n) is 13.2. The van der Waals surface area contributed by atoms with Gasteiger partial charge in [0, 0.05) is 30.3 Å². The Bertz CT molecular complexity index is 774. The highest BCUT2D eigenvalue weighted by molar-refractivity contribution is 6.31. The SMILES string of the molecule is Cn1cc(C[C@@H]2CC(=O)N(C[C@@H](O)c3ccccc3Cl)C2=O)cn1. The second-order valence-corrected chi connectivity index (χ2v) is 6.41. The molecule has 0 spiro atoms. The van der Waals surface area contributed by atoms with Gasteiger partial charge in [-0.1, -0.05) is 29.8 Å². The third-order valence-corrected chi connectivity index (χ3v) is 4.54. The molecule has 3 rings (SSSR count). The van der Waals surface area contributed by atoms with Crippen molar-refractivity contribution >= 4 is 23.4 Å². The van der Waals surface area contributed by atoms with Gasteiger partial charge in [-0.05, 0) is 18.1 Å². The summed E-state index contributed by atoms with van der Waals surface area (Å²) in [5.41, 5.74) is 1.42. The van der Waals surface area contributed by atoms with Gasteiger partial charge in [-0.25, -0.2) is 0 Å². The molecule has 2 amide bonds. The second kappa shape index (κ2) is 6.75. The summed E-state index contributed by atoms with van der Waals surface area (Å²) in [6.07, 6.45) is 3.15. The summed E-state index contributed by atoms with van der Waals surface area (Å²) in [6.45, 7) is -0.0784. The first kappa shape index (κ1) is 16.7. The standard InChI is InChI=1S/C17H18ClN3O3/c1-20-9-11(8-19-20)6-12-7-16(23)21(17(12)24)10-15(22)13-4-2-3-5-14(13)18/h2-5,8-9,12,15,22H,6-7,10H2,1H3/t12-,15-/m1/s1. The van der Waals surface area contributed by atoms with Crippen LogP contribution in [0.25, 0.3) is 0 Å².